The third kappa shape index (κ3) is 4.27. The van der Waals surface area contributed by atoms with E-state index in [0.29, 0.717) is 41.8 Å². The van der Waals surface area contributed by atoms with Crippen LogP contribution in [-0.4, -0.2) is 50.2 Å². The van der Waals surface area contributed by atoms with E-state index in [-0.39, 0.29) is 5.91 Å². The van der Waals surface area contributed by atoms with Crippen molar-refractivity contribution in [3.63, 3.8) is 0 Å². The van der Waals surface area contributed by atoms with Gasteiger partial charge in [0.15, 0.2) is 11.5 Å². The topological polar surface area (TPSA) is 50.8 Å². The van der Waals surface area contributed by atoms with Gasteiger partial charge in [-0.1, -0.05) is 25.4 Å². The van der Waals surface area contributed by atoms with E-state index in [0.717, 1.165) is 26.1 Å². The number of carbonyl (C=O) groups excluding carboxylic acids is 1. The fraction of sp³-hybridized carbons (Fsp3) is 0.562. The predicted octanol–water partition coefficient (Wildman–Crippen LogP) is 2.57. The van der Waals surface area contributed by atoms with Crippen molar-refractivity contribution in [2.75, 3.05) is 39.4 Å². The van der Waals surface area contributed by atoms with Gasteiger partial charge in [0.25, 0.3) is 5.91 Å². The van der Waals surface area contributed by atoms with Crippen molar-refractivity contribution in [1.29, 1.82) is 0 Å². The van der Waals surface area contributed by atoms with Gasteiger partial charge in [0, 0.05) is 25.1 Å². The predicted molar refractivity (Wildman–Crippen MR) is 87.2 cm³/mol. The van der Waals surface area contributed by atoms with Gasteiger partial charge in [-0.15, -0.1) is 0 Å². The highest BCUT2D eigenvalue weighted by atomic mass is 35.5. The van der Waals surface area contributed by atoms with Gasteiger partial charge >= 0.3 is 0 Å². The standard InChI is InChI=1S/C16H23ClN2O3/c1-3-19(4-2)7-6-18-16(20)12-10-13(17)15-14(11-12)21-8-5-9-22-15/h10-11H,3-9H2,1-2H3,(H,18,20). The Morgan fingerprint density at radius 3 is 2.73 bits per heavy atom. The Labute approximate surface area is 136 Å². The second-order valence-electron chi connectivity index (χ2n) is 5.12. The maximum Gasteiger partial charge on any atom is 0.251 e. The first-order valence-corrected chi connectivity index (χ1v) is 8.13. The van der Waals surface area contributed by atoms with E-state index in [1.54, 1.807) is 12.1 Å². The average Bonchev–Trinajstić information content (AvgIpc) is 2.77. The van der Waals surface area contributed by atoms with Crippen LogP contribution in [0.4, 0.5) is 0 Å². The number of hydrogen-bond donors (Lipinski definition) is 1. The molecule has 0 fully saturated rings. The maximum absolute atomic E-state index is 12.2. The fourth-order valence-electron chi connectivity index (χ4n) is 2.33. The number of hydrogen-bond acceptors (Lipinski definition) is 4. The molecule has 1 aromatic rings. The van der Waals surface area contributed by atoms with Crippen LogP contribution >= 0.6 is 11.6 Å². The Morgan fingerprint density at radius 1 is 1.27 bits per heavy atom. The molecule has 0 bridgehead atoms. The number of halogens is 1. The molecule has 0 saturated heterocycles. The Morgan fingerprint density at radius 2 is 2.00 bits per heavy atom. The molecule has 22 heavy (non-hydrogen) atoms. The second-order valence-corrected chi connectivity index (χ2v) is 5.53. The van der Waals surface area contributed by atoms with Crippen LogP contribution in [0.5, 0.6) is 11.5 Å². The number of fused-ring (bicyclic) bond motifs is 1. The first kappa shape index (κ1) is 16.9. The zero-order chi connectivity index (χ0) is 15.9. The van der Waals surface area contributed by atoms with Gasteiger partial charge in [0.05, 0.1) is 18.2 Å². The lowest BCUT2D eigenvalue weighted by Gasteiger charge is -2.18. The average molecular weight is 327 g/mol. The first-order valence-electron chi connectivity index (χ1n) is 7.75. The number of benzene rings is 1. The Hall–Kier alpha value is -1.46. The zero-order valence-corrected chi connectivity index (χ0v) is 13.9. The summed E-state index contributed by atoms with van der Waals surface area (Å²) >= 11 is 6.20. The van der Waals surface area contributed by atoms with Gasteiger partial charge in [-0.3, -0.25) is 4.79 Å². The lowest BCUT2D eigenvalue weighted by atomic mass is 10.2. The smallest absolute Gasteiger partial charge is 0.251 e. The fourth-order valence-corrected chi connectivity index (χ4v) is 2.60. The minimum atomic E-state index is -0.148. The van der Waals surface area contributed by atoms with Gasteiger partial charge in [-0.05, 0) is 25.2 Å². The van der Waals surface area contributed by atoms with E-state index in [9.17, 15) is 4.79 Å². The monoisotopic (exact) mass is 326 g/mol. The molecule has 6 heteroatoms. The highest BCUT2D eigenvalue weighted by Crippen LogP contribution is 2.37. The molecule has 1 amide bonds. The van der Waals surface area contributed by atoms with Crippen molar-refractivity contribution in [1.82, 2.24) is 10.2 Å². The lowest BCUT2D eigenvalue weighted by Crippen LogP contribution is -2.34. The third-order valence-corrected chi connectivity index (χ3v) is 3.95. The van der Waals surface area contributed by atoms with Crippen LogP contribution in [0, 0.1) is 0 Å². The molecule has 1 heterocycles. The molecule has 122 valence electrons. The number of nitrogens with one attached hydrogen (secondary N) is 1. The molecular formula is C16H23ClN2O3. The summed E-state index contributed by atoms with van der Waals surface area (Å²) in [6.45, 7) is 8.73. The van der Waals surface area contributed by atoms with Crippen molar-refractivity contribution >= 4 is 17.5 Å². The molecule has 0 aliphatic carbocycles. The molecule has 5 nitrogen and oxygen atoms in total. The quantitative estimate of drug-likeness (QED) is 0.873. The minimum Gasteiger partial charge on any atom is -0.489 e. The van der Waals surface area contributed by atoms with E-state index < -0.39 is 0 Å². The van der Waals surface area contributed by atoms with E-state index in [4.69, 9.17) is 21.1 Å². The molecule has 0 atom stereocenters. The molecule has 0 unspecified atom stereocenters. The van der Waals surface area contributed by atoms with Crippen LogP contribution in [0.2, 0.25) is 5.02 Å². The van der Waals surface area contributed by atoms with Crippen molar-refractivity contribution in [2.45, 2.75) is 20.3 Å². The number of likely N-dealkylation sites (N-methyl/N-ethyl adjacent to an activating group) is 1. The van der Waals surface area contributed by atoms with Gasteiger partial charge in [-0.25, -0.2) is 0 Å². The summed E-state index contributed by atoms with van der Waals surface area (Å²) in [5, 5.41) is 3.32. The van der Waals surface area contributed by atoms with E-state index in [2.05, 4.69) is 24.1 Å². The van der Waals surface area contributed by atoms with Crippen LogP contribution in [-0.2, 0) is 0 Å². The van der Waals surface area contributed by atoms with Gasteiger partial charge < -0.3 is 19.7 Å². The summed E-state index contributed by atoms with van der Waals surface area (Å²) < 4.78 is 11.2. The number of ether oxygens (including phenoxy) is 2. The Balaban J connectivity index is 2.01. The summed E-state index contributed by atoms with van der Waals surface area (Å²) in [7, 11) is 0. The molecule has 0 aromatic heterocycles. The van der Waals surface area contributed by atoms with Gasteiger partial charge in [0.2, 0.25) is 0 Å². The zero-order valence-electron chi connectivity index (χ0n) is 13.2. The van der Waals surface area contributed by atoms with Crippen molar-refractivity contribution in [3.05, 3.63) is 22.7 Å². The molecule has 1 aliphatic heterocycles. The normalized spacial score (nSPS) is 13.8. The summed E-state index contributed by atoms with van der Waals surface area (Å²) in [6, 6.07) is 3.32. The first-order chi connectivity index (χ1) is 10.7. The number of carbonyl (C=O) groups is 1. The van der Waals surface area contributed by atoms with E-state index >= 15 is 0 Å². The molecule has 0 spiro atoms. The number of nitrogens with zero attached hydrogens (tertiary/aromatic N) is 1. The van der Waals surface area contributed by atoms with Crippen molar-refractivity contribution < 1.29 is 14.3 Å². The minimum absolute atomic E-state index is 0.148. The van der Waals surface area contributed by atoms with Crippen molar-refractivity contribution in [2.24, 2.45) is 0 Å². The van der Waals surface area contributed by atoms with Crippen LogP contribution in [0.15, 0.2) is 12.1 Å². The van der Waals surface area contributed by atoms with Crippen LogP contribution in [0.1, 0.15) is 30.6 Å². The molecule has 1 aliphatic rings. The Kier molecular flexibility index (Phi) is 6.34. The molecular weight excluding hydrogens is 304 g/mol. The highest BCUT2D eigenvalue weighted by Gasteiger charge is 2.18. The third-order valence-electron chi connectivity index (χ3n) is 3.67. The summed E-state index contributed by atoms with van der Waals surface area (Å²) in [5.41, 5.74) is 0.494. The molecule has 0 radical (unpaired) electrons. The Bertz CT molecular complexity index is 518. The summed E-state index contributed by atoms with van der Waals surface area (Å²) in [5.74, 6) is 0.919. The van der Waals surface area contributed by atoms with Crippen LogP contribution in [0.25, 0.3) is 0 Å². The SMILES string of the molecule is CCN(CC)CCNC(=O)c1cc(Cl)c2c(c1)OCCCO2. The van der Waals surface area contributed by atoms with E-state index in [1.807, 2.05) is 0 Å². The van der Waals surface area contributed by atoms with Crippen molar-refractivity contribution in [3.8, 4) is 11.5 Å². The molecule has 2 rings (SSSR count). The summed E-state index contributed by atoms with van der Waals surface area (Å²) in [4.78, 5) is 14.5. The lowest BCUT2D eigenvalue weighted by molar-refractivity contribution is 0.0948. The second kappa shape index (κ2) is 8.25. The molecule has 0 saturated carbocycles. The summed E-state index contributed by atoms with van der Waals surface area (Å²) in [6.07, 6.45) is 0.802. The van der Waals surface area contributed by atoms with E-state index in [1.165, 1.54) is 0 Å². The molecule has 1 N–H and O–H groups in total. The number of amides is 1. The van der Waals surface area contributed by atoms with Gasteiger partial charge in [0.1, 0.15) is 0 Å². The number of rotatable bonds is 6. The molecule has 1 aromatic carbocycles. The van der Waals surface area contributed by atoms with Crippen LogP contribution in [0.3, 0.4) is 0 Å². The van der Waals surface area contributed by atoms with Gasteiger partial charge in [-0.2, -0.15) is 0 Å². The highest BCUT2D eigenvalue weighted by molar-refractivity contribution is 6.32. The van der Waals surface area contributed by atoms with Crippen LogP contribution < -0.4 is 14.8 Å². The maximum atomic E-state index is 12.2. The largest absolute Gasteiger partial charge is 0.489 e.